The first-order valence-electron chi connectivity index (χ1n) is 8.02. The summed E-state index contributed by atoms with van der Waals surface area (Å²) in [4.78, 5) is 2.48. The molecule has 0 unspecified atom stereocenters. The van der Waals surface area contributed by atoms with E-state index in [-0.39, 0.29) is 0 Å². The van der Waals surface area contributed by atoms with E-state index in [2.05, 4.69) is 16.1 Å². The molecule has 1 fully saturated rings. The second kappa shape index (κ2) is 6.62. The molecule has 1 aliphatic heterocycles. The number of nitrogens with zero attached hydrogens (tertiary/aromatic N) is 2. The number of benzene rings is 1. The predicted octanol–water partition coefficient (Wildman–Crippen LogP) is 3.65. The summed E-state index contributed by atoms with van der Waals surface area (Å²) in [6.45, 7) is 5.91. The van der Waals surface area contributed by atoms with Crippen LogP contribution in [0.2, 0.25) is 0 Å². The summed E-state index contributed by atoms with van der Waals surface area (Å²) in [5.74, 6) is 2.52. The first-order valence-corrected chi connectivity index (χ1v) is 8.02. The van der Waals surface area contributed by atoms with Crippen molar-refractivity contribution in [3.8, 4) is 11.5 Å². The molecule has 5 heteroatoms. The number of methoxy groups -OCH3 is 2. The van der Waals surface area contributed by atoms with E-state index in [0.29, 0.717) is 6.04 Å². The average molecular weight is 316 g/mol. The van der Waals surface area contributed by atoms with E-state index >= 15 is 0 Å². The maximum Gasteiger partial charge on any atom is 0.165 e. The molecule has 0 spiro atoms. The standard InChI is InChI=1S/C18H24N2O3/c1-12-17(13(2)23-19-12)15-8-6-10-20(15)11-14-7-5-9-16(21-3)18(14)22-4/h5,7,9,15H,6,8,10-11H2,1-4H3/t15-/m1/s1. The quantitative estimate of drug-likeness (QED) is 0.842. The largest absolute Gasteiger partial charge is 0.493 e. The summed E-state index contributed by atoms with van der Waals surface area (Å²) in [6.07, 6.45) is 2.32. The highest BCUT2D eigenvalue weighted by Gasteiger charge is 2.31. The van der Waals surface area contributed by atoms with Crippen molar-refractivity contribution in [3.05, 3.63) is 40.8 Å². The molecule has 2 aromatic rings. The Labute approximate surface area is 137 Å². The van der Waals surface area contributed by atoms with E-state index in [1.54, 1.807) is 14.2 Å². The van der Waals surface area contributed by atoms with Crippen molar-refractivity contribution >= 4 is 0 Å². The van der Waals surface area contributed by atoms with Crippen molar-refractivity contribution in [3.63, 3.8) is 0 Å². The second-order valence-corrected chi connectivity index (χ2v) is 6.02. The third-order valence-corrected chi connectivity index (χ3v) is 4.64. The number of hydrogen-bond donors (Lipinski definition) is 0. The molecular formula is C18H24N2O3. The van der Waals surface area contributed by atoms with Gasteiger partial charge in [-0.15, -0.1) is 0 Å². The van der Waals surface area contributed by atoms with Crippen LogP contribution in [0, 0.1) is 13.8 Å². The normalized spacial score (nSPS) is 18.3. The Kier molecular flexibility index (Phi) is 4.57. The molecule has 1 aromatic heterocycles. The predicted molar refractivity (Wildman–Crippen MR) is 87.9 cm³/mol. The second-order valence-electron chi connectivity index (χ2n) is 6.02. The Morgan fingerprint density at radius 1 is 1.26 bits per heavy atom. The maximum atomic E-state index is 5.57. The van der Waals surface area contributed by atoms with Gasteiger partial charge in [0.1, 0.15) is 5.76 Å². The fraction of sp³-hybridized carbons (Fsp3) is 0.500. The molecule has 5 nitrogen and oxygen atoms in total. The van der Waals surface area contributed by atoms with E-state index < -0.39 is 0 Å². The van der Waals surface area contributed by atoms with Crippen molar-refractivity contribution in [2.24, 2.45) is 0 Å². The van der Waals surface area contributed by atoms with Crippen molar-refractivity contribution in [1.29, 1.82) is 0 Å². The number of hydrogen-bond acceptors (Lipinski definition) is 5. The molecule has 0 amide bonds. The topological polar surface area (TPSA) is 47.7 Å². The van der Waals surface area contributed by atoms with Gasteiger partial charge >= 0.3 is 0 Å². The summed E-state index contributed by atoms with van der Waals surface area (Å²) in [5.41, 5.74) is 3.38. The fourth-order valence-corrected chi connectivity index (χ4v) is 3.61. The van der Waals surface area contributed by atoms with E-state index in [0.717, 1.165) is 48.0 Å². The molecule has 0 N–H and O–H groups in total. The third-order valence-electron chi connectivity index (χ3n) is 4.64. The van der Waals surface area contributed by atoms with E-state index in [4.69, 9.17) is 14.0 Å². The van der Waals surface area contributed by atoms with Gasteiger partial charge in [-0.05, 0) is 39.3 Å². The van der Waals surface area contributed by atoms with E-state index in [1.807, 2.05) is 26.0 Å². The lowest BCUT2D eigenvalue weighted by Crippen LogP contribution is -2.23. The highest BCUT2D eigenvalue weighted by atomic mass is 16.5. The molecule has 1 atom stereocenters. The van der Waals surface area contributed by atoms with Crippen molar-refractivity contribution < 1.29 is 14.0 Å². The molecule has 0 aliphatic carbocycles. The zero-order valence-corrected chi connectivity index (χ0v) is 14.3. The minimum Gasteiger partial charge on any atom is -0.493 e. The summed E-state index contributed by atoms with van der Waals surface area (Å²) in [6, 6.07) is 6.40. The summed E-state index contributed by atoms with van der Waals surface area (Å²) < 4.78 is 16.3. The highest BCUT2D eigenvalue weighted by Crippen LogP contribution is 2.39. The number of aromatic nitrogens is 1. The Hall–Kier alpha value is -2.01. The lowest BCUT2D eigenvalue weighted by molar-refractivity contribution is 0.240. The molecule has 3 rings (SSSR count). The lowest BCUT2D eigenvalue weighted by atomic mass is 10.0. The fourth-order valence-electron chi connectivity index (χ4n) is 3.61. The Morgan fingerprint density at radius 2 is 2.09 bits per heavy atom. The number of para-hydroxylation sites is 1. The van der Waals surface area contributed by atoms with Crippen LogP contribution in [-0.2, 0) is 6.54 Å². The van der Waals surface area contributed by atoms with Gasteiger partial charge in [0.15, 0.2) is 11.5 Å². The summed E-state index contributed by atoms with van der Waals surface area (Å²) >= 11 is 0. The molecule has 1 aromatic carbocycles. The van der Waals surface area contributed by atoms with E-state index in [9.17, 15) is 0 Å². The molecule has 23 heavy (non-hydrogen) atoms. The number of rotatable bonds is 5. The van der Waals surface area contributed by atoms with Gasteiger partial charge in [0.2, 0.25) is 0 Å². The Balaban J connectivity index is 1.88. The summed E-state index contributed by atoms with van der Waals surface area (Å²) in [7, 11) is 3.36. The highest BCUT2D eigenvalue weighted by molar-refractivity contribution is 5.46. The first-order chi connectivity index (χ1) is 11.2. The van der Waals surface area contributed by atoms with Gasteiger partial charge in [-0.1, -0.05) is 17.3 Å². The van der Waals surface area contributed by atoms with Crippen LogP contribution in [0.3, 0.4) is 0 Å². The van der Waals surface area contributed by atoms with Crippen LogP contribution < -0.4 is 9.47 Å². The third kappa shape index (κ3) is 2.93. The van der Waals surface area contributed by atoms with Crippen LogP contribution in [0.1, 0.15) is 41.5 Å². The monoisotopic (exact) mass is 316 g/mol. The van der Waals surface area contributed by atoms with Gasteiger partial charge in [0.05, 0.1) is 19.9 Å². The van der Waals surface area contributed by atoms with Crippen molar-refractivity contribution in [1.82, 2.24) is 10.1 Å². The minimum atomic E-state index is 0.358. The van der Waals surface area contributed by atoms with Crippen LogP contribution in [0.25, 0.3) is 0 Å². The molecular weight excluding hydrogens is 292 g/mol. The van der Waals surface area contributed by atoms with Crippen LogP contribution in [0.5, 0.6) is 11.5 Å². The Bertz CT molecular complexity index is 661. The Morgan fingerprint density at radius 3 is 2.74 bits per heavy atom. The first kappa shape index (κ1) is 15.9. The molecule has 124 valence electrons. The van der Waals surface area contributed by atoms with Crippen LogP contribution in [0.15, 0.2) is 22.7 Å². The van der Waals surface area contributed by atoms with E-state index in [1.165, 1.54) is 12.0 Å². The number of ether oxygens (including phenoxy) is 2. The molecule has 2 heterocycles. The van der Waals surface area contributed by atoms with Gasteiger partial charge in [-0.2, -0.15) is 0 Å². The van der Waals surface area contributed by atoms with Crippen molar-refractivity contribution in [2.45, 2.75) is 39.3 Å². The van der Waals surface area contributed by atoms with Crippen LogP contribution in [0.4, 0.5) is 0 Å². The molecule has 0 radical (unpaired) electrons. The van der Waals surface area contributed by atoms with Gasteiger partial charge in [0, 0.05) is 23.7 Å². The maximum absolute atomic E-state index is 5.57. The SMILES string of the molecule is COc1cccc(CN2CCC[C@@H]2c2c(C)noc2C)c1OC. The smallest absolute Gasteiger partial charge is 0.165 e. The van der Waals surface area contributed by atoms with Gasteiger partial charge < -0.3 is 14.0 Å². The minimum absolute atomic E-state index is 0.358. The molecule has 1 saturated heterocycles. The average Bonchev–Trinajstić information content (AvgIpc) is 3.13. The molecule has 1 aliphatic rings. The number of likely N-dealkylation sites (tertiary alicyclic amines) is 1. The lowest BCUT2D eigenvalue weighted by Gasteiger charge is -2.25. The van der Waals surface area contributed by atoms with Gasteiger partial charge in [-0.25, -0.2) is 0 Å². The number of aryl methyl sites for hydroxylation is 2. The van der Waals surface area contributed by atoms with Gasteiger partial charge in [-0.3, -0.25) is 4.90 Å². The van der Waals surface area contributed by atoms with Crippen LogP contribution in [-0.4, -0.2) is 30.8 Å². The molecule has 0 bridgehead atoms. The zero-order valence-electron chi connectivity index (χ0n) is 14.3. The zero-order chi connectivity index (χ0) is 16.4. The molecule has 0 saturated carbocycles. The van der Waals surface area contributed by atoms with Gasteiger partial charge in [0.25, 0.3) is 0 Å². The van der Waals surface area contributed by atoms with Crippen LogP contribution >= 0.6 is 0 Å². The summed E-state index contributed by atoms with van der Waals surface area (Å²) in [5, 5.41) is 4.12. The van der Waals surface area contributed by atoms with Crippen molar-refractivity contribution in [2.75, 3.05) is 20.8 Å².